The van der Waals surface area contributed by atoms with Crippen molar-refractivity contribution in [3.8, 4) is 17.5 Å². The van der Waals surface area contributed by atoms with Crippen molar-refractivity contribution in [3.63, 3.8) is 0 Å². The second-order valence-corrected chi connectivity index (χ2v) is 6.70. The lowest BCUT2D eigenvalue weighted by Gasteiger charge is -2.22. The standard InChI is InChI=1S/C15H15BrN6O/c1-15(9-17,11-4-5-11)18-13(23)8-22-20-14(19-21-22)10-2-6-12(16)7-3-10/h2-3,6-7,11H,4-5,8H2,1H3,(H,18,23)/t15-/m1/s1. The molecule has 1 saturated carbocycles. The lowest BCUT2D eigenvalue weighted by Crippen LogP contribution is -2.48. The normalized spacial score (nSPS) is 16.4. The maximum Gasteiger partial charge on any atom is 0.244 e. The molecular weight excluding hydrogens is 360 g/mol. The van der Waals surface area contributed by atoms with Gasteiger partial charge in [0.05, 0.1) is 6.07 Å². The van der Waals surface area contributed by atoms with Crippen molar-refractivity contribution in [1.29, 1.82) is 5.26 Å². The van der Waals surface area contributed by atoms with Gasteiger partial charge in [-0.3, -0.25) is 4.79 Å². The van der Waals surface area contributed by atoms with Crippen LogP contribution in [0.2, 0.25) is 0 Å². The number of rotatable bonds is 5. The number of tetrazole rings is 1. The minimum Gasteiger partial charge on any atom is -0.336 e. The molecule has 118 valence electrons. The van der Waals surface area contributed by atoms with Crippen LogP contribution in [0, 0.1) is 17.2 Å². The van der Waals surface area contributed by atoms with Gasteiger partial charge in [-0.05, 0) is 55.2 Å². The van der Waals surface area contributed by atoms with Crippen LogP contribution in [0.25, 0.3) is 11.4 Å². The molecule has 1 aliphatic rings. The Balaban J connectivity index is 1.66. The van der Waals surface area contributed by atoms with Crippen molar-refractivity contribution < 1.29 is 4.79 Å². The van der Waals surface area contributed by atoms with Crippen LogP contribution in [-0.2, 0) is 11.3 Å². The van der Waals surface area contributed by atoms with Gasteiger partial charge in [-0.2, -0.15) is 10.1 Å². The van der Waals surface area contributed by atoms with Crippen LogP contribution in [-0.4, -0.2) is 31.7 Å². The number of amides is 1. The third kappa shape index (κ3) is 3.56. The molecule has 3 rings (SSSR count). The first-order valence-corrected chi connectivity index (χ1v) is 8.05. The highest BCUT2D eigenvalue weighted by molar-refractivity contribution is 9.10. The van der Waals surface area contributed by atoms with E-state index in [0.29, 0.717) is 5.82 Å². The van der Waals surface area contributed by atoms with Gasteiger partial charge in [0.25, 0.3) is 0 Å². The zero-order valence-electron chi connectivity index (χ0n) is 12.5. The van der Waals surface area contributed by atoms with E-state index in [-0.39, 0.29) is 18.4 Å². The highest BCUT2D eigenvalue weighted by Gasteiger charge is 2.43. The molecule has 1 aromatic carbocycles. The summed E-state index contributed by atoms with van der Waals surface area (Å²) in [6.45, 7) is 1.69. The smallest absolute Gasteiger partial charge is 0.244 e. The van der Waals surface area contributed by atoms with Gasteiger partial charge >= 0.3 is 0 Å². The lowest BCUT2D eigenvalue weighted by molar-refractivity contribution is -0.123. The molecule has 1 aliphatic carbocycles. The van der Waals surface area contributed by atoms with E-state index < -0.39 is 5.54 Å². The monoisotopic (exact) mass is 374 g/mol. The van der Waals surface area contributed by atoms with Crippen LogP contribution in [0.4, 0.5) is 0 Å². The average Bonchev–Trinajstić information content (AvgIpc) is 3.29. The maximum absolute atomic E-state index is 12.1. The minimum absolute atomic E-state index is 0.0620. The number of benzene rings is 1. The summed E-state index contributed by atoms with van der Waals surface area (Å²) in [5.74, 6) is 0.398. The van der Waals surface area contributed by atoms with Crippen molar-refractivity contribution >= 4 is 21.8 Å². The van der Waals surface area contributed by atoms with Gasteiger partial charge in [-0.1, -0.05) is 15.9 Å². The van der Waals surface area contributed by atoms with Crippen LogP contribution < -0.4 is 5.32 Å². The van der Waals surface area contributed by atoms with Crippen LogP contribution in [0.5, 0.6) is 0 Å². The summed E-state index contributed by atoms with van der Waals surface area (Å²) >= 11 is 3.37. The van der Waals surface area contributed by atoms with Crippen molar-refractivity contribution in [3.05, 3.63) is 28.7 Å². The van der Waals surface area contributed by atoms with E-state index in [4.69, 9.17) is 0 Å². The second-order valence-electron chi connectivity index (χ2n) is 5.79. The Morgan fingerprint density at radius 1 is 1.48 bits per heavy atom. The molecular formula is C15H15BrN6O. The van der Waals surface area contributed by atoms with E-state index in [9.17, 15) is 10.1 Å². The van der Waals surface area contributed by atoms with Gasteiger partial charge in [-0.15, -0.1) is 10.2 Å². The minimum atomic E-state index is -0.813. The third-order valence-corrected chi connectivity index (χ3v) is 4.39. The van der Waals surface area contributed by atoms with Crippen molar-refractivity contribution in [2.24, 2.45) is 5.92 Å². The largest absolute Gasteiger partial charge is 0.336 e. The number of carbonyl (C=O) groups is 1. The van der Waals surface area contributed by atoms with Crippen molar-refractivity contribution in [1.82, 2.24) is 25.5 Å². The molecule has 23 heavy (non-hydrogen) atoms. The number of carbonyl (C=O) groups excluding carboxylic acids is 1. The SMILES string of the molecule is C[C@](C#N)(NC(=O)Cn1nnc(-c2ccc(Br)cc2)n1)C1CC1. The van der Waals surface area contributed by atoms with E-state index in [1.165, 1.54) is 4.80 Å². The molecule has 1 N–H and O–H groups in total. The van der Waals surface area contributed by atoms with Gasteiger partial charge in [0.2, 0.25) is 11.7 Å². The van der Waals surface area contributed by atoms with Crippen molar-refractivity contribution in [2.75, 3.05) is 0 Å². The molecule has 0 aliphatic heterocycles. The Labute approximate surface area is 141 Å². The Hall–Kier alpha value is -2.27. The van der Waals surface area contributed by atoms with Crippen LogP contribution in [0.15, 0.2) is 28.7 Å². The second kappa shape index (κ2) is 6.08. The van der Waals surface area contributed by atoms with Gasteiger partial charge < -0.3 is 5.32 Å². The first kappa shape index (κ1) is 15.6. The van der Waals surface area contributed by atoms with Gasteiger partial charge in [0.1, 0.15) is 12.1 Å². The van der Waals surface area contributed by atoms with E-state index in [1.807, 2.05) is 24.3 Å². The Bertz CT molecular complexity index is 761. The van der Waals surface area contributed by atoms with Gasteiger partial charge in [0, 0.05) is 10.0 Å². The molecule has 0 bridgehead atoms. The molecule has 0 unspecified atom stereocenters. The summed E-state index contributed by atoms with van der Waals surface area (Å²) in [5, 5.41) is 24.1. The Morgan fingerprint density at radius 3 is 2.78 bits per heavy atom. The van der Waals surface area contributed by atoms with Crippen LogP contribution in [0.3, 0.4) is 0 Å². The van der Waals surface area contributed by atoms with E-state index >= 15 is 0 Å². The molecule has 2 aromatic rings. The molecule has 1 heterocycles. The van der Waals surface area contributed by atoms with Gasteiger partial charge in [-0.25, -0.2) is 0 Å². The maximum atomic E-state index is 12.1. The topological polar surface area (TPSA) is 96.5 Å². The zero-order chi connectivity index (χ0) is 16.4. The number of nitrogens with zero attached hydrogens (tertiary/aromatic N) is 5. The summed E-state index contributed by atoms with van der Waals surface area (Å²) in [7, 11) is 0. The summed E-state index contributed by atoms with van der Waals surface area (Å²) in [5.41, 5.74) is 0.00588. The molecule has 0 saturated heterocycles. The molecule has 0 radical (unpaired) electrons. The molecule has 1 atom stereocenters. The molecule has 1 aromatic heterocycles. The summed E-state index contributed by atoms with van der Waals surface area (Å²) < 4.78 is 0.962. The number of nitriles is 1. The first-order valence-electron chi connectivity index (χ1n) is 7.26. The summed E-state index contributed by atoms with van der Waals surface area (Å²) in [6.07, 6.45) is 1.94. The molecule has 0 spiro atoms. The van der Waals surface area contributed by atoms with E-state index in [2.05, 4.69) is 42.7 Å². The first-order chi connectivity index (χ1) is 11.0. The highest BCUT2D eigenvalue weighted by atomic mass is 79.9. The number of hydrogen-bond acceptors (Lipinski definition) is 5. The molecule has 1 fully saturated rings. The third-order valence-electron chi connectivity index (χ3n) is 3.87. The average molecular weight is 375 g/mol. The molecule has 7 nitrogen and oxygen atoms in total. The molecule has 1 amide bonds. The number of aromatic nitrogens is 4. The fourth-order valence-corrected chi connectivity index (χ4v) is 2.63. The lowest BCUT2D eigenvalue weighted by atomic mass is 9.98. The number of hydrogen-bond donors (Lipinski definition) is 1. The summed E-state index contributed by atoms with van der Waals surface area (Å²) in [4.78, 5) is 13.3. The predicted molar refractivity (Wildman–Crippen MR) is 85.8 cm³/mol. The van der Waals surface area contributed by atoms with E-state index in [0.717, 1.165) is 22.9 Å². The van der Waals surface area contributed by atoms with Crippen LogP contribution in [0.1, 0.15) is 19.8 Å². The van der Waals surface area contributed by atoms with Gasteiger partial charge in [0.15, 0.2) is 0 Å². The zero-order valence-corrected chi connectivity index (χ0v) is 14.1. The number of halogens is 1. The highest BCUT2D eigenvalue weighted by Crippen LogP contribution is 2.39. The van der Waals surface area contributed by atoms with Crippen LogP contribution >= 0.6 is 15.9 Å². The van der Waals surface area contributed by atoms with E-state index in [1.54, 1.807) is 6.92 Å². The number of nitrogens with one attached hydrogen (secondary N) is 1. The van der Waals surface area contributed by atoms with Crippen molar-refractivity contribution in [2.45, 2.75) is 31.8 Å². The fraction of sp³-hybridized carbons (Fsp3) is 0.400. The molecule has 8 heteroatoms. The Morgan fingerprint density at radius 2 is 2.17 bits per heavy atom. The quantitative estimate of drug-likeness (QED) is 0.861. The fourth-order valence-electron chi connectivity index (χ4n) is 2.36. The Kier molecular flexibility index (Phi) is 4.13. The predicted octanol–water partition coefficient (Wildman–Crippen LogP) is 1.91. The summed E-state index contributed by atoms with van der Waals surface area (Å²) in [6, 6.07) is 9.70.